The van der Waals surface area contributed by atoms with Crippen LogP contribution in [0, 0.1) is 0 Å². The summed E-state index contributed by atoms with van der Waals surface area (Å²) in [6.07, 6.45) is -6.24. The van der Waals surface area contributed by atoms with Gasteiger partial charge in [0, 0.05) is 6.42 Å². The summed E-state index contributed by atoms with van der Waals surface area (Å²) in [5.41, 5.74) is -1.78. The van der Waals surface area contributed by atoms with Crippen molar-refractivity contribution in [2.45, 2.75) is 37.9 Å². The molecule has 0 aliphatic carbocycles. The van der Waals surface area contributed by atoms with Crippen LogP contribution in [0.15, 0.2) is 4.99 Å². The van der Waals surface area contributed by atoms with Gasteiger partial charge >= 0.3 is 12.1 Å². The third kappa shape index (κ3) is 3.41. The molecule has 0 bridgehead atoms. The highest BCUT2D eigenvalue weighted by Gasteiger charge is 2.59. The van der Waals surface area contributed by atoms with Gasteiger partial charge in [0.1, 0.15) is 0 Å². The van der Waals surface area contributed by atoms with Gasteiger partial charge in [-0.25, -0.2) is 4.79 Å². The average Bonchev–Trinajstić information content (AvgIpc) is 1.80. The molecule has 0 aromatic heterocycles. The Kier molecular flexibility index (Phi) is 3.40. The SMILES string of the molecule is CC(C)(CC(F)(F)C(F)(F)F)N=C=O. The summed E-state index contributed by atoms with van der Waals surface area (Å²) in [5, 5.41) is 0. The topological polar surface area (TPSA) is 29.4 Å². The lowest BCUT2D eigenvalue weighted by molar-refractivity contribution is -0.287. The van der Waals surface area contributed by atoms with Gasteiger partial charge in [-0.05, 0) is 13.8 Å². The summed E-state index contributed by atoms with van der Waals surface area (Å²) >= 11 is 0. The Morgan fingerprint density at radius 1 is 1.14 bits per heavy atom. The van der Waals surface area contributed by atoms with E-state index in [1.54, 1.807) is 0 Å². The predicted molar refractivity (Wildman–Crippen MR) is 37.8 cm³/mol. The summed E-state index contributed by atoms with van der Waals surface area (Å²) in [4.78, 5) is 12.6. The average molecular weight is 217 g/mol. The maximum atomic E-state index is 12.4. The van der Waals surface area contributed by atoms with Gasteiger partial charge in [-0.2, -0.15) is 26.9 Å². The molecule has 0 saturated heterocycles. The second kappa shape index (κ2) is 3.65. The molecule has 0 heterocycles. The molecular weight excluding hydrogens is 209 g/mol. The van der Waals surface area contributed by atoms with Crippen molar-refractivity contribution in [3.8, 4) is 0 Å². The van der Waals surface area contributed by atoms with E-state index in [9.17, 15) is 26.7 Å². The van der Waals surface area contributed by atoms with E-state index in [4.69, 9.17) is 0 Å². The molecule has 0 aliphatic heterocycles. The number of halogens is 5. The van der Waals surface area contributed by atoms with Crippen LogP contribution >= 0.6 is 0 Å². The van der Waals surface area contributed by atoms with Gasteiger partial charge in [0.25, 0.3) is 0 Å². The van der Waals surface area contributed by atoms with Crippen LogP contribution in [0.2, 0.25) is 0 Å². The van der Waals surface area contributed by atoms with E-state index >= 15 is 0 Å². The molecule has 7 heteroatoms. The Bertz CT molecular complexity index is 251. The molecule has 0 spiro atoms. The number of isocyanates is 1. The Labute approximate surface area is 76.8 Å². The first-order valence-corrected chi connectivity index (χ1v) is 3.55. The first kappa shape index (κ1) is 13.0. The van der Waals surface area contributed by atoms with Crippen LogP contribution in [-0.4, -0.2) is 23.7 Å². The van der Waals surface area contributed by atoms with E-state index in [0.29, 0.717) is 0 Å². The minimum Gasteiger partial charge on any atom is -0.211 e. The molecule has 0 aromatic rings. The van der Waals surface area contributed by atoms with Crippen LogP contribution < -0.4 is 0 Å². The smallest absolute Gasteiger partial charge is 0.211 e. The number of carbonyl (C=O) groups excluding carboxylic acids is 1. The second-order valence-corrected chi connectivity index (χ2v) is 3.39. The van der Waals surface area contributed by atoms with Gasteiger partial charge in [-0.15, -0.1) is 0 Å². The van der Waals surface area contributed by atoms with E-state index in [0.717, 1.165) is 19.9 Å². The zero-order valence-corrected chi connectivity index (χ0v) is 7.45. The molecule has 0 fully saturated rings. The molecular formula is C7H8F5NO. The summed E-state index contributed by atoms with van der Waals surface area (Å²) in [6.45, 7) is 2.00. The summed E-state index contributed by atoms with van der Waals surface area (Å²) in [7, 11) is 0. The normalized spacial score (nSPS) is 13.6. The number of hydrogen-bond donors (Lipinski definition) is 0. The van der Waals surface area contributed by atoms with Crippen LogP contribution in [0.4, 0.5) is 22.0 Å². The van der Waals surface area contributed by atoms with Crippen LogP contribution in [0.5, 0.6) is 0 Å². The highest BCUT2D eigenvalue weighted by molar-refractivity contribution is 5.34. The van der Waals surface area contributed by atoms with Gasteiger partial charge in [0.15, 0.2) is 0 Å². The Hall–Kier alpha value is -0.970. The van der Waals surface area contributed by atoms with Crippen molar-refractivity contribution in [2.75, 3.05) is 0 Å². The van der Waals surface area contributed by atoms with Crippen LogP contribution in [-0.2, 0) is 4.79 Å². The highest BCUT2D eigenvalue weighted by Crippen LogP contribution is 2.41. The molecule has 0 rings (SSSR count). The number of nitrogens with zero attached hydrogens (tertiary/aromatic N) is 1. The van der Waals surface area contributed by atoms with E-state index in [2.05, 4.69) is 4.99 Å². The third-order valence-corrected chi connectivity index (χ3v) is 1.42. The lowest BCUT2D eigenvalue weighted by atomic mass is 9.97. The van der Waals surface area contributed by atoms with Crippen molar-refractivity contribution in [2.24, 2.45) is 4.99 Å². The predicted octanol–water partition coefficient (Wildman–Crippen LogP) is 2.69. The molecule has 2 nitrogen and oxygen atoms in total. The largest absolute Gasteiger partial charge is 0.453 e. The number of alkyl halides is 5. The molecule has 82 valence electrons. The zero-order valence-electron chi connectivity index (χ0n) is 7.45. The van der Waals surface area contributed by atoms with E-state index in [-0.39, 0.29) is 0 Å². The lowest BCUT2D eigenvalue weighted by Crippen LogP contribution is -2.42. The first-order valence-electron chi connectivity index (χ1n) is 3.55. The second-order valence-electron chi connectivity index (χ2n) is 3.39. The fourth-order valence-electron chi connectivity index (χ4n) is 0.807. The molecule has 0 aromatic carbocycles. The molecule has 14 heavy (non-hydrogen) atoms. The van der Waals surface area contributed by atoms with Crippen molar-refractivity contribution in [1.82, 2.24) is 0 Å². The van der Waals surface area contributed by atoms with Crippen molar-refractivity contribution in [1.29, 1.82) is 0 Å². The summed E-state index contributed by atoms with van der Waals surface area (Å²) in [5.74, 6) is -4.85. The minimum absolute atomic E-state index is 0.956. The Morgan fingerprint density at radius 2 is 1.57 bits per heavy atom. The van der Waals surface area contributed by atoms with Gasteiger partial charge in [-0.1, -0.05) is 0 Å². The standard InChI is InChI=1S/C7H8F5NO/c1-5(2,13-4-14)3-6(8,9)7(10,11)12/h3H2,1-2H3. The van der Waals surface area contributed by atoms with Gasteiger partial charge in [0.2, 0.25) is 6.08 Å². The van der Waals surface area contributed by atoms with Crippen molar-refractivity contribution in [3.05, 3.63) is 0 Å². The van der Waals surface area contributed by atoms with Gasteiger partial charge in [-0.3, -0.25) is 0 Å². The fraction of sp³-hybridized carbons (Fsp3) is 0.857. The minimum atomic E-state index is -5.62. The first-order chi connectivity index (χ1) is 6.02. The molecule has 0 atom stereocenters. The third-order valence-electron chi connectivity index (χ3n) is 1.42. The van der Waals surface area contributed by atoms with Crippen LogP contribution in [0.3, 0.4) is 0 Å². The molecule has 0 radical (unpaired) electrons. The zero-order chi connectivity index (χ0) is 11.6. The molecule has 0 amide bonds. The Balaban J connectivity index is 4.75. The maximum Gasteiger partial charge on any atom is 0.453 e. The van der Waals surface area contributed by atoms with Crippen LogP contribution in [0.1, 0.15) is 20.3 Å². The fourth-order valence-corrected chi connectivity index (χ4v) is 0.807. The van der Waals surface area contributed by atoms with Crippen molar-refractivity contribution < 1.29 is 26.7 Å². The number of aliphatic imine (C=N–C) groups is 1. The van der Waals surface area contributed by atoms with Crippen molar-refractivity contribution >= 4 is 6.08 Å². The van der Waals surface area contributed by atoms with E-state index < -0.39 is 24.1 Å². The van der Waals surface area contributed by atoms with Crippen molar-refractivity contribution in [3.63, 3.8) is 0 Å². The quantitative estimate of drug-likeness (QED) is 0.406. The molecule has 0 N–H and O–H groups in total. The number of rotatable bonds is 3. The lowest BCUT2D eigenvalue weighted by Gasteiger charge is -2.26. The van der Waals surface area contributed by atoms with Gasteiger partial charge in [0.05, 0.1) is 5.54 Å². The maximum absolute atomic E-state index is 12.4. The molecule has 0 unspecified atom stereocenters. The highest BCUT2D eigenvalue weighted by atomic mass is 19.4. The van der Waals surface area contributed by atoms with E-state index in [1.165, 1.54) is 0 Å². The number of hydrogen-bond acceptors (Lipinski definition) is 2. The molecule has 0 aliphatic rings. The van der Waals surface area contributed by atoms with Crippen LogP contribution in [0.25, 0.3) is 0 Å². The monoisotopic (exact) mass is 217 g/mol. The molecule has 0 saturated carbocycles. The Morgan fingerprint density at radius 3 is 1.86 bits per heavy atom. The summed E-state index contributed by atoms with van der Waals surface area (Å²) in [6, 6.07) is 0. The van der Waals surface area contributed by atoms with Gasteiger partial charge < -0.3 is 0 Å². The summed E-state index contributed by atoms with van der Waals surface area (Å²) < 4.78 is 60.0. The van der Waals surface area contributed by atoms with E-state index in [1.807, 2.05) is 0 Å².